The quantitative estimate of drug-likeness (QED) is 0.674. The monoisotopic (exact) mass is 228 g/mol. The summed E-state index contributed by atoms with van der Waals surface area (Å²) in [7, 11) is 1.59. The molecule has 0 aliphatic carbocycles. The number of nitrogens with one attached hydrogen (secondary N) is 1. The van der Waals surface area contributed by atoms with E-state index in [0.29, 0.717) is 5.56 Å². The minimum atomic E-state index is 0.00807. The van der Waals surface area contributed by atoms with Crippen molar-refractivity contribution in [2.24, 2.45) is 11.5 Å². The number of hydrogen-bond donors (Lipinski definition) is 3. The van der Waals surface area contributed by atoms with E-state index >= 15 is 0 Å². The maximum atomic E-state index is 8.73. The summed E-state index contributed by atoms with van der Waals surface area (Å²) in [4.78, 5) is 3.06. The number of hydrogen-bond acceptors (Lipinski definition) is 4. The Bertz CT molecular complexity index is 633. The van der Waals surface area contributed by atoms with Gasteiger partial charge in [-0.1, -0.05) is 0 Å². The first-order chi connectivity index (χ1) is 8.17. The number of fused-ring (bicyclic) bond motifs is 1. The number of nitrogens with two attached hydrogens (primary N) is 2. The van der Waals surface area contributed by atoms with E-state index in [1.54, 1.807) is 13.3 Å². The third-order valence-corrected chi connectivity index (χ3v) is 2.59. The van der Waals surface area contributed by atoms with Gasteiger partial charge in [0.15, 0.2) is 0 Å². The minimum absolute atomic E-state index is 0.00807. The zero-order valence-corrected chi connectivity index (χ0v) is 9.32. The van der Waals surface area contributed by atoms with Crippen LogP contribution in [0, 0.1) is 11.3 Å². The van der Waals surface area contributed by atoms with E-state index in [2.05, 4.69) is 4.98 Å². The number of aromatic nitrogens is 1. The summed E-state index contributed by atoms with van der Waals surface area (Å²) in [6.45, 7) is 0. The Morgan fingerprint density at radius 1 is 1.41 bits per heavy atom. The van der Waals surface area contributed by atoms with Crippen LogP contribution >= 0.6 is 0 Å². The van der Waals surface area contributed by atoms with E-state index in [9.17, 15) is 0 Å². The third-order valence-electron chi connectivity index (χ3n) is 2.59. The van der Waals surface area contributed by atoms with Crippen molar-refractivity contribution >= 4 is 16.6 Å². The molecule has 0 aliphatic rings. The molecule has 1 aromatic carbocycles. The van der Waals surface area contributed by atoms with E-state index in [-0.39, 0.29) is 11.4 Å². The molecule has 0 bridgehead atoms. The Morgan fingerprint density at radius 3 is 2.82 bits per heavy atom. The topological polar surface area (TPSA) is 101 Å². The van der Waals surface area contributed by atoms with Gasteiger partial charge in [0.1, 0.15) is 17.5 Å². The van der Waals surface area contributed by atoms with Crippen LogP contribution < -0.4 is 16.2 Å². The van der Waals surface area contributed by atoms with E-state index in [0.717, 1.165) is 16.7 Å². The fraction of sp³-hybridized carbons (Fsp3) is 0.0833. The summed E-state index contributed by atoms with van der Waals surface area (Å²) >= 11 is 0. The van der Waals surface area contributed by atoms with Crippen LogP contribution in [0.15, 0.2) is 30.1 Å². The highest BCUT2D eigenvalue weighted by molar-refractivity contribution is 5.93. The van der Waals surface area contributed by atoms with Crippen LogP contribution in [0.1, 0.15) is 5.56 Å². The molecule has 1 aromatic heterocycles. The SMILES string of the molecule is COc1ccc2[nH]cc(/C(N)=C(/N)C#N)c2c1. The smallest absolute Gasteiger partial charge is 0.134 e. The largest absolute Gasteiger partial charge is 0.497 e. The summed E-state index contributed by atoms with van der Waals surface area (Å²) in [5.74, 6) is 0.724. The van der Waals surface area contributed by atoms with Crippen LogP contribution in [-0.4, -0.2) is 12.1 Å². The van der Waals surface area contributed by atoms with Gasteiger partial charge in [0.05, 0.1) is 12.8 Å². The Balaban J connectivity index is 2.68. The van der Waals surface area contributed by atoms with Crippen LogP contribution in [-0.2, 0) is 0 Å². The first kappa shape index (κ1) is 10.9. The molecule has 0 amide bonds. The van der Waals surface area contributed by atoms with Crippen molar-refractivity contribution in [2.75, 3.05) is 7.11 Å². The van der Waals surface area contributed by atoms with Crippen LogP contribution in [0.2, 0.25) is 0 Å². The average molecular weight is 228 g/mol. The number of H-pyrrole nitrogens is 1. The van der Waals surface area contributed by atoms with E-state index < -0.39 is 0 Å². The summed E-state index contributed by atoms with van der Waals surface area (Å²) in [6.07, 6.45) is 1.73. The zero-order valence-electron chi connectivity index (χ0n) is 9.32. The molecule has 86 valence electrons. The first-order valence-corrected chi connectivity index (χ1v) is 4.98. The zero-order chi connectivity index (χ0) is 12.4. The van der Waals surface area contributed by atoms with Crippen molar-refractivity contribution in [1.82, 2.24) is 4.98 Å². The fourth-order valence-corrected chi connectivity index (χ4v) is 1.65. The number of methoxy groups -OCH3 is 1. The van der Waals surface area contributed by atoms with Gasteiger partial charge in [-0.15, -0.1) is 0 Å². The van der Waals surface area contributed by atoms with Crippen LogP contribution in [0.4, 0.5) is 0 Å². The normalized spacial score (nSPS) is 12.0. The lowest BCUT2D eigenvalue weighted by atomic mass is 10.1. The molecule has 0 saturated heterocycles. The van der Waals surface area contributed by atoms with Gasteiger partial charge >= 0.3 is 0 Å². The molecule has 1 heterocycles. The predicted octanol–water partition coefficient (Wildman–Crippen LogP) is 1.29. The van der Waals surface area contributed by atoms with Gasteiger partial charge in [-0.2, -0.15) is 5.26 Å². The molecule has 2 rings (SSSR count). The maximum absolute atomic E-state index is 8.73. The lowest BCUT2D eigenvalue weighted by Gasteiger charge is -2.02. The summed E-state index contributed by atoms with van der Waals surface area (Å²) in [5, 5.41) is 9.60. The van der Waals surface area contributed by atoms with Gasteiger partial charge in [0.2, 0.25) is 0 Å². The van der Waals surface area contributed by atoms with Crippen LogP contribution in [0.3, 0.4) is 0 Å². The summed E-state index contributed by atoms with van der Waals surface area (Å²) in [6, 6.07) is 7.41. The number of benzene rings is 1. The second-order valence-electron chi connectivity index (χ2n) is 3.55. The van der Waals surface area contributed by atoms with Crippen molar-refractivity contribution in [1.29, 1.82) is 5.26 Å². The standard InChI is InChI=1S/C12H12N4O/c1-17-7-2-3-11-8(4-7)9(6-16-11)12(15)10(14)5-13/h2-4,6,16H,14-15H2,1H3/b12-10-. The van der Waals surface area contributed by atoms with Crippen LogP contribution in [0.25, 0.3) is 16.6 Å². The number of allylic oxidation sites excluding steroid dienone is 1. The lowest BCUT2D eigenvalue weighted by Crippen LogP contribution is -2.06. The second kappa shape index (κ2) is 4.10. The molecule has 0 spiro atoms. The number of nitrogens with zero attached hydrogens (tertiary/aromatic N) is 1. The number of ether oxygens (including phenoxy) is 1. The van der Waals surface area contributed by atoms with Gasteiger partial charge in [-0.3, -0.25) is 0 Å². The number of nitriles is 1. The molecule has 5 N–H and O–H groups in total. The van der Waals surface area contributed by atoms with Gasteiger partial charge in [0.25, 0.3) is 0 Å². The molecule has 5 heteroatoms. The first-order valence-electron chi connectivity index (χ1n) is 4.98. The lowest BCUT2D eigenvalue weighted by molar-refractivity contribution is 0.415. The highest BCUT2D eigenvalue weighted by Crippen LogP contribution is 2.26. The number of aromatic amines is 1. The molecule has 17 heavy (non-hydrogen) atoms. The van der Waals surface area contributed by atoms with Crippen molar-refractivity contribution in [3.05, 3.63) is 35.7 Å². The minimum Gasteiger partial charge on any atom is -0.497 e. The van der Waals surface area contributed by atoms with Gasteiger partial charge < -0.3 is 21.2 Å². The Labute approximate surface area is 98.3 Å². The molecule has 0 radical (unpaired) electrons. The Hall–Kier alpha value is -2.61. The highest BCUT2D eigenvalue weighted by atomic mass is 16.5. The molecule has 0 unspecified atom stereocenters. The van der Waals surface area contributed by atoms with E-state index in [4.69, 9.17) is 21.5 Å². The molecule has 0 fully saturated rings. The van der Waals surface area contributed by atoms with E-state index in [1.165, 1.54) is 0 Å². The van der Waals surface area contributed by atoms with Crippen molar-refractivity contribution in [3.63, 3.8) is 0 Å². The van der Waals surface area contributed by atoms with E-state index in [1.807, 2.05) is 24.3 Å². The third kappa shape index (κ3) is 1.76. The molecular weight excluding hydrogens is 216 g/mol. The summed E-state index contributed by atoms with van der Waals surface area (Å²) < 4.78 is 5.15. The second-order valence-corrected chi connectivity index (χ2v) is 3.55. The maximum Gasteiger partial charge on any atom is 0.134 e. The number of rotatable bonds is 2. The van der Waals surface area contributed by atoms with Gasteiger partial charge in [-0.05, 0) is 18.2 Å². The average Bonchev–Trinajstić information content (AvgIpc) is 2.79. The van der Waals surface area contributed by atoms with Gasteiger partial charge in [-0.25, -0.2) is 0 Å². The Kier molecular flexibility index (Phi) is 2.63. The van der Waals surface area contributed by atoms with Crippen molar-refractivity contribution < 1.29 is 4.74 Å². The van der Waals surface area contributed by atoms with Crippen LogP contribution in [0.5, 0.6) is 5.75 Å². The predicted molar refractivity (Wildman–Crippen MR) is 65.8 cm³/mol. The fourth-order valence-electron chi connectivity index (χ4n) is 1.65. The molecular formula is C12H12N4O. The Morgan fingerprint density at radius 2 is 2.18 bits per heavy atom. The highest BCUT2D eigenvalue weighted by Gasteiger charge is 2.09. The molecule has 0 atom stereocenters. The van der Waals surface area contributed by atoms with Crippen molar-refractivity contribution in [3.8, 4) is 11.8 Å². The van der Waals surface area contributed by atoms with Crippen molar-refractivity contribution in [2.45, 2.75) is 0 Å². The molecule has 0 saturated carbocycles. The molecule has 0 aliphatic heterocycles. The molecule has 2 aromatic rings. The summed E-state index contributed by atoms with van der Waals surface area (Å²) in [5.41, 5.74) is 13.2. The van der Waals surface area contributed by atoms with Gasteiger partial charge in [0, 0.05) is 22.7 Å². The molecule has 5 nitrogen and oxygen atoms in total.